The van der Waals surface area contributed by atoms with E-state index in [-0.39, 0.29) is 30.1 Å². The van der Waals surface area contributed by atoms with E-state index in [0.29, 0.717) is 0 Å². The minimum Gasteiger partial charge on any atom is -0.491 e. The summed E-state index contributed by atoms with van der Waals surface area (Å²) in [5.41, 5.74) is 3.48. The SMILES string of the molecule is CC(C)(C)OCCOc1ccc(C(=N)N)c(C(F)(F)F)c1. The summed E-state index contributed by atoms with van der Waals surface area (Å²) in [5.74, 6) is -0.574. The van der Waals surface area contributed by atoms with Gasteiger partial charge in [-0.25, -0.2) is 0 Å². The first-order valence-electron chi connectivity index (χ1n) is 6.33. The Balaban J connectivity index is 2.80. The predicted molar refractivity (Wildman–Crippen MR) is 73.7 cm³/mol. The molecule has 0 saturated carbocycles. The van der Waals surface area contributed by atoms with Gasteiger partial charge in [0.15, 0.2) is 0 Å². The van der Waals surface area contributed by atoms with Gasteiger partial charge in [-0.2, -0.15) is 13.2 Å². The number of alkyl halides is 3. The van der Waals surface area contributed by atoms with Crippen LogP contribution in [0.3, 0.4) is 0 Å². The fraction of sp³-hybridized carbons (Fsp3) is 0.500. The Hall–Kier alpha value is -1.76. The Morgan fingerprint density at radius 2 is 1.81 bits per heavy atom. The molecule has 0 amide bonds. The molecule has 3 N–H and O–H groups in total. The molecule has 4 nitrogen and oxygen atoms in total. The molecule has 1 aromatic carbocycles. The fourth-order valence-corrected chi connectivity index (χ4v) is 1.59. The second-order valence-corrected chi connectivity index (χ2v) is 5.43. The quantitative estimate of drug-likeness (QED) is 0.499. The van der Waals surface area contributed by atoms with Crippen LogP contribution in [0.1, 0.15) is 31.9 Å². The Bertz CT molecular complexity index is 508. The van der Waals surface area contributed by atoms with Gasteiger partial charge in [-0.05, 0) is 39.0 Å². The van der Waals surface area contributed by atoms with Crippen LogP contribution in [0.4, 0.5) is 13.2 Å². The summed E-state index contributed by atoms with van der Waals surface area (Å²) in [4.78, 5) is 0. The first-order valence-corrected chi connectivity index (χ1v) is 6.33. The average Bonchev–Trinajstić information content (AvgIpc) is 2.32. The van der Waals surface area contributed by atoms with Crippen LogP contribution in [-0.4, -0.2) is 24.7 Å². The Morgan fingerprint density at radius 3 is 2.29 bits per heavy atom. The molecule has 0 atom stereocenters. The molecule has 0 radical (unpaired) electrons. The normalized spacial score (nSPS) is 12.3. The molecule has 21 heavy (non-hydrogen) atoms. The van der Waals surface area contributed by atoms with Gasteiger partial charge in [-0.15, -0.1) is 0 Å². The van der Waals surface area contributed by atoms with E-state index in [0.717, 1.165) is 12.1 Å². The van der Waals surface area contributed by atoms with Crippen molar-refractivity contribution in [1.29, 1.82) is 5.41 Å². The monoisotopic (exact) mass is 304 g/mol. The predicted octanol–water partition coefficient (Wildman–Crippen LogP) is 3.18. The summed E-state index contributed by atoms with van der Waals surface area (Å²) in [5, 5.41) is 7.18. The number of nitrogens with two attached hydrogens (primary N) is 1. The van der Waals surface area contributed by atoms with Crippen molar-refractivity contribution in [3.8, 4) is 5.75 Å². The second kappa shape index (κ2) is 6.34. The van der Waals surface area contributed by atoms with Crippen LogP contribution in [0.2, 0.25) is 0 Å². The summed E-state index contributed by atoms with van der Waals surface area (Å²) in [6.07, 6.45) is -4.59. The van der Waals surface area contributed by atoms with Crippen LogP contribution in [-0.2, 0) is 10.9 Å². The van der Waals surface area contributed by atoms with Crippen LogP contribution < -0.4 is 10.5 Å². The van der Waals surface area contributed by atoms with Gasteiger partial charge in [0.25, 0.3) is 0 Å². The van der Waals surface area contributed by atoms with Crippen LogP contribution in [0, 0.1) is 5.41 Å². The number of halogens is 3. The van der Waals surface area contributed by atoms with Crippen LogP contribution in [0.5, 0.6) is 5.75 Å². The largest absolute Gasteiger partial charge is 0.491 e. The molecular formula is C14H19F3N2O2. The molecule has 0 aromatic heterocycles. The van der Waals surface area contributed by atoms with Crippen molar-refractivity contribution in [2.75, 3.05) is 13.2 Å². The summed E-state index contributed by atoms with van der Waals surface area (Å²) in [7, 11) is 0. The molecule has 1 aromatic rings. The van der Waals surface area contributed by atoms with Crippen molar-refractivity contribution in [1.82, 2.24) is 0 Å². The van der Waals surface area contributed by atoms with Crippen molar-refractivity contribution in [2.45, 2.75) is 32.5 Å². The number of nitrogens with one attached hydrogen (secondary N) is 1. The Labute approximate surface area is 121 Å². The van der Waals surface area contributed by atoms with Crippen LogP contribution >= 0.6 is 0 Å². The van der Waals surface area contributed by atoms with E-state index in [1.54, 1.807) is 0 Å². The van der Waals surface area contributed by atoms with Crippen molar-refractivity contribution in [3.05, 3.63) is 29.3 Å². The lowest BCUT2D eigenvalue weighted by Crippen LogP contribution is -2.22. The smallest absolute Gasteiger partial charge is 0.417 e. The summed E-state index contributed by atoms with van der Waals surface area (Å²) in [6.45, 7) is 6.01. The standard InChI is InChI=1S/C14H19F3N2O2/c1-13(2,3)21-7-6-20-9-4-5-10(12(18)19)11(8-9)14(15,16)17/h4-5,8H,6-7H2,1-3H3,(H3,18,19). The molecular weight excluding hydrogens is 285 g/mol. The van der Waals surface area contributed by atoms with Gasteiger partial charge in [0.05, 0.1) is 17.8 Å². The van der Waals surface area contributed by atoms with Crippen LogP contribution in [0.15, 0.2) is 18.2 Å². The zero-order chi connectivity index (χ0) is 16.3. The third-order valence-corrected chi connectivity index (χ3v) is 2.47. The van der Waals surface area contributed by atoms with E-state index in [1.807, 2.05) is 20.8 Å². The van der Waals surface area contributed by atoms with E-state index >= 15 is 0 Å². The number of hydrogen-bond acceptors (Lipinski definition) is 3. The first-order chi connectivity index (χ1) is 9.50. The molecule has 0 spiro atoms. The van der Waals surface area contributed by atoms with Crippen molar-refractivity contribution in [3.63, 3.8) is 0 Å². The zero-order valence-electron chi connectivity index (χ0n) is 12.2. The number of ether oxygens (including phenoxy) is 2. The van der Waals surface area contributed by atoms with Gasteiger partial charge in [0.2, 0.25) is 0 Å². The zero-order valence-corrected chi connectivity index (χ0v) is 12.2. The second-order valence-electron chi connectivity index (χ2n) is 5.43. The molecule has 0 aliphatic rings. The van der Waals surface area contributed by atoms with E-state index < -0.39 is 17.6 Å². The van der Waals surface area contributed by atoms with Crippen molar-refractivity contribution in [2.24, 2.45) is 5.73 Å². The highest BCUT2D eigenvalue weighted by atomic mass is 19.4. The highest BCUT2D eigenvalue weighted by molar-refractivity contribution is 5.96. The molecule has 0 aliphatic heterocycles. The van der Waals surface area contributed by atoms with E-state index in [9.17, 15) is 13.2 Å². The maximum atomic E-state index is 12.9. The highest BCUT2D eigenvalue weighted by Crippen LogP contribution is 2.34. The summed E-state index contributed by atoms with van der Waals surface area (Å²) >= 11 is 0. The topological polar surface area (TPSA) is 68.3 Å². The summed E-state index contributed by atoms with van der Waals surface area (Å²) in [6, 6.07) is 3.32. The molecule has 118 valence electrons. The molecule has 0 fully saturated rings. The minimum absolute atomic E-state index is 0.0600. The molecule has 0 unspecified atom stereocenters. The maximum absolute atomic E-state index is 12.9. The first kappa shape index (κ1) is 17.3. The number of hydrogen-bond donors (Lipinski definition) is 2. The molecule has 0 heterocycles. The number of nitrogen functional groups attached to an aromatic ring is 1. The molecule has 7 heteroatoms. The van der Waals surface area contributed by atoms with Gasteiger partial charge < -0.3 is 15.2 Å². The minimum atomic E-state index is -4.59. The number of benzene rings is 1. The molecule has 1 rings (SSSR count). The third kappa shape index (κ3) is 5.63. The van der Waals surface area contributed by atoms with Crippen LogP contribution in [0.25, 0.3) is 0 Å². The third-order valence-electron chi connectivity index (χ3n) is 2.47. The lowest BCUT2D eigenvalue weighted by Gasteiger charge is -2.20. The van der Waals surface area contributed by atoms with Gasteiger partial charge in [0.1, 0.15) is 18.2 Å². The Morgan fingerprint density at radius 1 is 1.19 bits per heavy atom. The van der Waals surface area contributed by atoms with Gasteiger partial charge >= 0.3 is 6.18 Å². The average molecular weight is 304 g/mol. The van der Waals surface area contributed by atoms with Crippen molar-refractivity contribution < 1.29 is 22.6 Å². The Kier molecular flexibility index (Phi) is 5.22. The number of amidine groups is 1. The molecule has 0 aliphatic carbocycles. The van der Waals surface area contributed by atoms with Crippen molar-refractivity contribution >= 4 is 5.84 Å². The van der Waals surface area contributed by atoms with E-state index in [2.05, 4.69) is 0 Å². The fourth-order valence-electron chi connectivity index (χ4n) is 1.59. The molecule has 0 saturated heterocycles. The molecule has 0 bridgehead atoms. The lowest BCUT2D eigenvalue weighted by molar-refractivity contribution is -0.137. The van der Waals surface area contributed by atoms with E-state index in [1.165, 1.54) is 6.07 Å². The number of rotatable bonds is 5. The maximum Gasteiger partial charge on any atom is 0.417 e. The van der Waals surface area contributed by atoms with E-state index in [4.69, 9.17) is 20.6 Å². The van der Waals surface area contributed by atoms with Gasteiger partial charge in [0, 0.05) is 5.56 Å². The lowest BCUT2D eigenvalue weighted by atomic mass is 10.1. The highest BCUT2D eigenvalue weighted by Gasteiger charge is 2.34. The summed E-state index contributed by atoms with van der Waals surface area (Å²) < 4.78 is 49.3. The van der Waals surface area contributed by atoms with Gasteiger partial charge in [-0.3, -0.25) is 5.41 Å². The van der Waals surface area contributed by atoms with Gasteiger partial charge in [-0.1, -0.05) is 0 Å².